The highest BCUT2D eigenvalue weighted by molar-refractivity contribution is 6.32. The van der Waals surface area contributed by atoms with E-state index < -0.39 is 11.7 Å². The maximum absolute atomic E-state index is 12.7. The Bertz CT molecular complexity index is 989. The van der Waals surface area contributed by atoms with Gasteiger partial charge in [0.1, 0.15) is 5.82 Å². The van der Waals surface area contributed by atoms with Crippen LogP contribution in [0.25, 0.3) is 6.08 Å². The van der Waals surface area contributed by atoms with E-state index in [1.165, 1.54) is 19.3 Å². The number of amides is 1. The number of anilines is 1. The van der Waals surface area contributed by atoms with Crippen molar-refractivity contribution in [2.45, 2.75) is 19.5 Å². The molecule has 1 aromatic carbocycles. The highest BCUT2D eigenvalue weighted by Gasteiger charge is 2.31. The minimum Gasteiger partial charge on any atom is -0.493 e. The molecule has 0 aliphatic carbocycles. The van der Waals surface area contributed by atoms with E-state index in [2.05, 4.69) is 4.98 Å². The van der Waals surface area contributed by atoms with Crippen molar-refractivity contribution >= 4 is 29.4 Å². The normalized spacial score (nSPS) is 14.6. The van der Waals surface area contributed by atoms with Gasteiger partial charge in [0.05, 0.1) is 24.3 Å². The van der Waals surface area contributed by atoms with Gasteiger partial charge in [-0.1, -0.05) is 18.5 Å². The molecule has 0 N–H and O–H groups in total. The van der Waals surface area contributed by atoms with Crippen LogP contribution in [0.5, 0.6) is 11.5 Å². The number of alkyl halides is 3. The summed E-state index contributed by atoms with van der Waals surface area (Å²) < 4.78 is 49.1. The number of benzene rings is 1. The maximum Gasteiger partial charge on any atom is 0.417 e. The quantitative estimate of drug-likeness (QED) is 0.524. The second-order valence-corrected chi connectivity index (χ2v) is 7.84. The van der Waals surface area contributed by atoms with Gasteiger partial charge in [0.25, 0.3) is 0 Å². The predicted octanol–water partition coefficient (Wildman–Crippen LogP) is 4.91. The van der Waals surface area contributed by atoms with Gasteiger partial charge in [-0.25, -0.2) is 4.98 Å². The van der Waals surface area contributed by atoms with Gasteiger partial charge in [-0.3, -0.25) is 4.79 Å². The fourth-order valence-corrected chi connectivity index (χ4v) is 3.62. The molecule has 0 saturated carbocycles. The molecule has 0 radical (unpaired) electrons. The molecule has 1 aromatic heterocycles. The topological polar surface area (TPSA) is 54.9 Å². The third kappa shape index (κ3) is 6.31. The third-order valence-electron chi connectivity index (χ3n) is 5.11. The summed E-state index contributed by atoms with van der Waals surface area (Å²) in [5, 5.41) is 0.396. The molecule has 1 aliphatic rings. The van der Waals surface area contributed by atoms with E-state index in [9.17, 15) is 18.0 Å². The monoisotopic (exact) mass is 483 g/mol. The summed E-state index contributed by atoms with van der Waals surface area (Å²) >= 11 is 6.31. The van der Waals surface area contributed by atoms with Crippen molar-refractivity contribution in [3.8, 4) is 11.5 Å². The molecule has 0 spiro atoms. The maximum atomic E-state index is 12.7. The van der Waals surface area contributed by atoms with E-state index in [-0.39, 0.29) is 5.91 Å². The van der Waals surface area contributed by atoms with Crippen LogP contribution in [0.4, 0.5) is 19.0 Å². The van der Waals surface area contributed by atoms with Crippen molar-refractivity contribution in [3.63, 3.8) is 0 Å². The molecule has 10 heteroatoms. The summed E-state index contributed by atoms with van der Waals surface area (Å²) in [7, 11) is 1.52. The standard InChI is InChI=1S/C23H25ClF3N3O3/c1-3-12-33-22-18(24)13-16(14-19(22)32-2)4-7-21(31)30-10-8-29(9-11-30)20-6-5-17(15-28-20)23(25,26)27/h4-7,13-15H,3,8-12H2,1-2H3/b7-4+. The first-order valence-electron chi connectivity index (χ1n) is 10.5. The fraction of sp³-hybridized carbons (Fsp3) is 0.391. The molecule has 1 amide bonds. The first-order valence-corrected chi connectivity index (χ1v) is 10.9. The van der Waals surface area contributed by atoms with Gasteiger partial charge < -0.3 is 19.3 Å². The lowest BCUT2D eigenvalue weighted by Gasteiger charge is -2.35. The minimum atomic E-state index is -4.42. The molecule has 178 valence electrons. The summed E-state index contributed by atoms with van der Waals surface area (Å²) in [5.74, 6) is 1.24. The molecule has 2 heterocycles. The van der Waals surface area contributed by atoms with Crippen molar-refractivity contribution in [1.29, 1.82) is 0 Å². The molecule has 0 atom stereocenters. The van der Waals surface area contributed by atoms with Crippen LogP contribution in [0, 0.1) is 0 Å². The largest absolute Gasteiger partial charge is 0.493 e. The van der Waals surface area contributed by atoms with Gasteiger partial charge in [-0.15, -0.1) is 0 Å². The molecule has 0 bridgehead atoms. The highest BCUT2D eigenvalue weighted by atomic mass is 35.5. The van der Waals surface area contributed by atoms with Crippen molar-refractivity contribution in [1.82, 2.24) is 9.88 Å². The lowest BCUT2D eigenvalue weighted by Crippen LogP contribution is -2.48. The van der Waals surface area contributed by atoms with Crippen LogP contribution in [0.1, 0.15) is 24.5 Å². The second-order valence-electron chi connectivity index (χ2n) is 7.43. The van der Waals surface area contributed by atoms with E-state index >= 15 is 0 Å². The average molecular weight is 484 g/mol. The lowest BCUT2D eigenvalue weighted by atomic mass is 10.1. The summed E-state index contributed by atoms with van der Waals surface area (Å²) in [4.78, 5) is 20.1. The lowest BCUT2D eigenvalue weighted by molar-refractivity contribution is -0.137. The molecule has 1 aliphatic heterocycles. The van der Waals surface area contributed by atoms with Crippen LogP contribution >= 0.6 is 11.6 Å². The van der Waals surface area contributed by atoms with Crippen LogP contribution in [0.3, 0.4) is 0 Å². The molecular weight excluding hydrogens is 459 g/mol. The van der Waals surface area contributed by atoms with Gasteiger partial charge in [0.2, 0.25) is 5.91 Å². The van der Waals surface area contributed by atoms with E-state index in [0.29, 0.717) is 60.7 Å². The Hall–Kier alpha value is -2.94. The number of hydrogen-bond donors (Lipinski definition) is 0. The second kappa shape index (κ2) is 10.8. The number of methoxy groups -OCH3 is 1. The number of rotatable bonds is 7. The summed E-state index contributed by atoms with van der Waals surface area (Å²) in [6.45, 7) is 4.31. The predicted molar refractivity (Wildman–Crippen MR) is 121 cm³/mol. The van der Waals surface area contributed by atoms with Crippen molar-refractivity contribution in [3.05, 3.63) is 52.7 Å². The number of carbonyl (C=O) groups is 1. The number of pyridine rings is 1. The molecule has 3 rings (SSSR count). The molecule has 1 fully saturated rings. The van der Waals surface area contributed by atoms with Crippen LogP contribution in [-0.2, 0) is 11.0 Å². The van der Waals surface area contributed by atoms with Crippen molar-refractivity contribution in [2.75, 3.05) is 44.8 Å². The van der Waals surface area contributed by atoms with Crippen molar-refractivity contribution < 1.29 is 27.4 Å². The summed E-state index contributed by atoms with van der Waals surface area (Å²) in [6.07, 6.45) is 0.360. The Kier molecular flexibility index (Phi) is 8.07. The van der Waals surface area contributed by atoms with Crippen LogP contribution in [0.15, 0.2) is 36.5 Å². The Balaban J connectivity index is 1.59. The fourth-order valence-electron chi connectivity index (χ4n) is 3.35. The Labute approximate surface area is 195 Å². The van der Waals surface area contributed by atoms with E-state index in [1.807, 2.05) is 11.8 Å². The first kappa shape index (κ1) is 24.7. The summed E-state index contributed by atoms with van der Waals surface area (Å²) in [5.41, 5.74) is -0.0893. The number of aromatic nitrogens is 1. The zero-order valence-electron chi connectivity index (χ0n) is 18.4. The van der Waals surface area contributed by atoms with Gasteiger partial charge in [0.15, 0.2) is 11.5 Å². The summed E-state index contributed by atoms with van der Waals surface area (Å²) in [6, 6.07) is 5.81. The van der Waals surface area contributed by atoms with Crippen LogP contribution in [0.2, 0.25) is 5.02 Å². The number of hydrogen-bond acceptors (Lipinski definition) is 5. The molecule has 6 nitrogen and oxygen atoms in total. The Morgan fingerprint density at radius 3 is 2.52 bits per heavy atom. The van der Waals surface area contributed by atoms with E-state index in [0.717, 1.165) is 18.7 Å². The zero-order valence-corrected chi connectivity index (χ0v) is 19.1. The van der Waals surface area contributed by atoms with Gasteiger partial charge in [-0.05, 0) is 42.3 Å². The van der Waals surface area contributed by atoms with Gasteiger partial charge in [-0.2, -0.15) is 13.2 Å². The number of carbonyl (C=O) groups excluding carboxylic acids is 1. The van der Waals surface area contributed by atoms with E-state index in [4.69, 9.17) is 21.1 Å². The van der Waals surface area contributed by atoms with E-state index in [1.54, 1.807) is 23.1 Å². The Morgan fingerprint density at radius 1 is 1.21 bits per heavy atom. The average Bonchev–Trinajstić information content (AvgIpc) is 2.81. The number of nitrogens with zero attached hydrogens (tertiary/aromatic N) is 3. The number of ether oxygens (including phenoxy) is 2. The Morgan fingerprint density at radius 2 is 1.94 bits per heavy atom. The van der Waals surface area contributed by atoms with Crippen LogP contribution < -0.4 is 14.4 Å². The first-order chi connectivity index (χ1) is 15.7. The van der Waals surface area contributed by atoms with Gasteiger partial charge in [0, 0.05) is 38.5 Å². The van der Waals surface area contributed by atoms with Crippen molar-refractivity contribution in [2.24, 2.45) is 0 Å². The zero-order chi connectivity index (χ0) is 24.0. The molecular formula is C23H25ClF3N3O3. The smallest absolute Gasteiger partial charge is 0.417 e. The number of halogens is 4. The third-order valence-corrected chi connectivity index (χ3v) is 5.39. The highest BCUT2D eigenvalue weighted by Crippen LogP contribution is 2.37. The SMILES string of the molecule is CCCOc1c(Cl)cc(/C=C/C(=O)N2CCN(c3ccc(C(F)(F)F)cn3)CC2)cc1OC. The molecule has 2 aromatic rings. The minimum absolute atomic E-state index is 0.170. The molecule has 0 unspecified atom stereocenters. The molecule has 33 heavy (non-hydrogen) atoms. The van der Waals surface area contributed by atoms with Gasteiger partial charge >= 0.3 is 6.18 Å². The number of piperazine rings is 1. The molecule has 1 saturated heterocycles. The van der Waals surface area contributed by atoms with Crippen LogP contribution in [-0.4, -0.2) is 55.7 Å².